The third-order valence-corrected chi connectivity index (χ3v) is 2.12. The molecule has 0 radical (unpaired) electrons. The molecule has 2 N–H and O–H groups in total. The highest BCUT2D eigenvalue weighted by Gasteiger charge is 2.08. The van der Waals surface area contributed by atoms with Gasteiger partial charge in [-0.05, 0) is 51.7 Å². The maximum atomic E-state index is 11.2. The third kappa shape index (κ3) is 4.44. The van der Waals surface area contributed by atoms with Crippen molar-refractivity contribution in [3.63, 3.8) is 0 Å². The zero-order valence-electron chi connectivity index (χ0n) is 10.9. The topological polar surface area (TPSA) is 55.6 Å². The van der Waals surface area contributed by atoms with E-state index < -0.39 is 5.91 Å². The number of rotatable bonds is 5. The molecule has 0 aliphatic heterocycles. The highest BCUT2D eigenvalue weighted by Crippen LogP contribution is 2.19. The van der Waals surface area contributed by atoms with Crippen molar-refractivity contribution in [3.8, 4) is 5.75 Å². The van der Waals surface area contributed by atoms with Crippen molar-refractivity contribution in [1.29, 1.82) is 0 Å². The van der Waals surface area contributed by atoms with Gasteiger partial charge >= 0.3 is 0 Å². The molecular weight excluding hydrogens is 216 g/mol. The number of hydrogen-bond donors (Lipinski definition) is 1. The average Bonchev–Trinajstić information content (AvgIpc) is 2.14. The van der Waals surface area contributed by atoms with E-state index in [2.05, 4.69) is 0 Å². The smallest absolute Gasteiger partial charge is 0.248 e. The fourth-order valence-electron chi connectivity index (χ4n) is 1.60. The normalized spacial score (nSPS) is 10.9. The Morgan fingerprint density at radius 3 is 2.47 bits per heavy atom. The Morgan fingerprint density at radius 1 is 1.35 bits per heavy atom. The van der Waals surface area contributed by atoms with Gasteiger partial charge in [-0.15, -0.1) is 0 Å². The number of carbonyl (C=O) groups is 1. The second-order valence-electron chi connectivity index (χ2n) is 4.63. The van der Waals surface area contributed by atoms with E-state index in [0.717, 1.165) is 12.1 Å². The van der Waals surface area contributed by atoms with Crippen LogP contribution in [0.25, 0.3) is 0 Å². The summed E-state index contributed by atoms with van der Waals surface area (Å²) >= 11 is 0. The van der Waals surface area contributed by atoms with Crippen molar-refractivity contribution >= 4 is 5.91 Å². The molecule has 0 fully saturated rings. The highest BCUT2D eigenvalue weighted by atomic mass is 16.5. The molecule has 0 aliphatic carbocycles. The van der Waals surface area contributed by atoms with Crippen LogP contribution in [0.5, 0.6) is 5.75 Å². The van der Waals surface area contributed by atoms with Gasteiger partial charge in [0.1, 0.15) is 5.75 Å². The summed E-state index contributed by atoms with van der Waals surface area (Å²) in [4.78, 5) is 13.3. The summed E-state index contributed by atoms with van der Waals surface area (Å²) in [6.07, 6.45) is 0.0744. The highest BCUT2D eigenvalue weighted by molar-refractivity contribution is 5.93. The van der Waals surface area contributed by atoms with Gasteiger partial charge in [0.25, 0.3) is 0 Å². The number of nitrogens with zero attached hydrogens (tertiary/aromatic N) is 1. The molecule has 0 bridgehead atoms. The first-order valence-electron chi connectivity index (χ1n) is 5.63. The van der Waals surface area contributed by atoms with Gasteiger partial charge in [0.15, 0.2) is 0 Å². The minimum Gasteiger partial charge on any atom is -0.491 e. The van der Waals surface area contributed by atoms with Crippen molar-refractivity contribution in [3.05, 3.63) is 29.3 Å². The summed E-state index contributed by atoms with van der Waals surface area (Å²) in [6.45, 7) is 4.64. The summed E-state index contributed by atoms with van der Waals surface area (Å²) in [5.41, 5.74) is 6.81. The maximum Gasteiger partial charge on any atom is 0.248 e. The lowest BCUT2D eigenvalue weighted by molar-refractivity contribution is 0.0999. The molecule has 94 valence electrons. The van der Waals surface area contributed by atoms with Crippen molar-refractivity contribution in [1.82, 2.24) is 4.90 Å². The van der Waals surface area contributed by atoms with E-state index in [4.69, 9.17) is 10.5 Å². The van der Waals surface area contributed by atoms with Gasteiger partial charge in [-0.1, -0.05) is 0 Å². The van der Waals surface area contributed by atoms with Crippen LogP contribution in [0.15, 0.2) is 18.2 Å². The number of ether oxygens (including phenoxy) is 1. The molecule has 1 amide bonds. The molecule has 4 nitrogen and oxygen atoms in total. The maximum absolute atomic E-state index is 11.2. The first-order chi connectivity index (χ1) is 7.88. The lowest BCUT2D eigenvalue weighted by Crippen LogP contribution is -2.15. The molecule has 0 aromatic heterocycles. The van der Waals surface area contributed by atoms with E-state index >= 15 is 0 Å². The summed E-state index contributed by atoms with van der Waals surface area (Å²) in [7, 11) is 3.94. The van der Waals surface area contributed by atoms with Gasteiger partial charge in [-0.25, -0.2) is 0 Å². The lowest BCUT2D eigenvalue weighted by Gasteiger charge is -2.14. The number of amides is 1. The molecule has 4 heteroatoms. The van der Waals surface area contributed by atoms with E-state index in [-0.39, 0.29) is 6.10 Å². The van der Waals surface area contributed by atoms with E-state index in [0.29, 0.717) is 11.3 Å². The second kappa shape index (κ2) is 5.68. The van der Waals surface area contributed by atoms with E-state index in [1.165, 1.54) is 0 Å². The van der Waals surface area contributed by atoms with Gasteiger partial charge < -0.3 is 15.4 Å². The van der Waals surface area contributed by atoms with E-state index in [1.807, 2.05) is 38.9 Å². The Bertz CT molecular complexity index is 372. The number of primary amides is 1. The van der Waals surface area contributed by atoms with Gasteiger partial charge in [0.05, 0.1) is 6.10 Å². The lowest BCUT2D eigenvalue weighted by atomic mass is 10.1. The van der Waals surface area contributed by atoms with Crippen LogP contribution < -0.4 is 10.5 Å². The van der Waals surface area contributed by atoms with E-state index in [9.17, 15) is 4.79 Å². The predicted molar refractivity (Wildman–Crippen MR) is 68.1 cm³/mol. The van der Waals surface area contributed by atoms with Crippen molar-refractivity contribution < 1.29 is 9.53 Å². The minimum atomic E-state index is -0.431. The van der Waals surface area contributed by atoms with Crippen LogP contribution in [0.3, 0.4) is 0 Å². The van der Waals surface area contributed by atoms with E-state index in [1.54, 1.807) is 12.1 Å². The zero-order chi connectivity index (χ0) is 13.0. The van der Waals surface area contributed by atoms with Crippen LogP contribution in [0.4, 0.5) is 0 Å². The Balaban J connectivity index is 3.04. The number of hydrogen-bond acceptors (Lipinski definition) is 3. The molecule has 0 aliphatic rings. The fraction of sp³-hybridized carbons (Fsp3) is 0.462. The van der Waals surface area contributed by atoms with Gasteiger partial charge in [0.2, 0.25) is 5.91 Å². The Hall–Kier alpha value is -1.55. The first kappa shape index (κ1) is 13.5. The van der Waals surface area contributed by atoms with Gasteiger partial charge in [-0.3, -0.25) is 4.79 Å². The van der Waals surface area contributed by atoms with Crippen LogP contribution >= 0.6 is 0 Å². The van der Waals surface area contributed by atoms with Crippen LogP contribution in [-0.4, -0.2) is 31.0 Å². The number of benzene rings is 1. The number of carbonyl (C=O) groups excluding carboxylic acids is 1. The molecule has 0 unspecified atom stereocenters. The van der Waals surface area contributed by atoms with Crippen LogP contribution in [0, 0.1) is 0 Å². The summed E-state index contributed by atoms with van der Waals surface area (Å²) < 4.78 is 5.60. The van der Waals surface area contributed by atoms with Gasteiger partial charge in [0, 0.05) is 12.1 Å². The van der Waals surface area contributed by atoms with Crippen LogP contribution in [-0.2, 0) is 6.54 Å². The van der Waals surface area contributed by atoms with Gasteiger partial charge in [-0.2, -0.15) is 0 Å². The van der Waals surface area contributed by atoms with Crippen LogP contribution in [0.1, 0.15) is 29.8 Å². The molecule has 0 saturated carbocycles. The Kier molecular flexibility index (Phi) is 4.52. The second-order valence-corrected chi connectivity index (χ2v) is 4.63. The molecule has 1 aromatic carbocycles. The van der Waals surface area contributed by atoms with Crippen molar-refractivity contribution in [2.24, 2.45) is 5.73 Å². The quantitative estimate of drug-likeness (QED) is 0.845. The predicted octanol–water partition coefficient (Wildman–Crippen LogP) is 1.63. The van der Waals surface area contributed by atoms with Crippen molar-refractivity contribution in [2.45, 2.75) is 26.5 Å². The summed E-state index contributed by atoms with van der Waals surface area (Å²) in [5, 5.41) is 0. The molecule has 0 spiro atoms. The fourth-order valence-corrected chi connectivity index (χ4v) is 1.60. The molecule has 1 rings (SSSR count). The minimum absolute atomic E-state index is 0.0744. The molecule has 0 atom stereocenters. The largest absolute Gasteiger partial charge is 0.491 e. The molecule has 0 saturated heterocycles. The summed E-state index contributed by atoms with van der Waals surface area (Å²) in [6, 6.07) is 5.42. The SMILES string of the molecule is CC(C)Oc1cc(CN(C)C)cc(C(N)=O)c1. The molecular formula is C13H20N2O2. The Labute approximate surface area is 102 Å². The average molecular weight is 236 g/mol. The molecule has 1 aromatic rings. The molecule has 17 heavy (non-hydrogen) atoms. The third-order valence-electron chi connectivity index (χ3n) is 2.12. The van der Waals surface area contributed by atoms with Crippen molar-refractivity contribution in [2.75, 3.05) is 14.1 Å². The number of nitrogens with two attached hydrogens (primary N) is 1. The van der Waals surface area contributed by atoms with Crippen LogP contribution in [0.2, 0.25) is 0 Å². The monoisotopic (exact) mass is 236 g/mol. The first-order valence-corrected chi connectivity index (χ1v) is 5.63. The Morgan fingerprint density at radius 2 is 2.00 bits per heavy atom. The summed E-state index contributed by atoms with van der Waals surface area (Å²) in [5.74, 6) is 0.257. The molecule has 0 heterocycles. The standard InChI is InChI=1S/C13H20N2O2/c1-9(2)17-12-6-10(8-15(3)4)5-11(7-12)13(14)16/h5-7,9H,8H2,1-4H3,(H2,14,16). The zero-order valence-corrected chi connectivity index (χ0v) is 10.9.